The van der Waals surface area contributed by atoms with Gasteiger partial charge in [-0.05, 0) is 47.0 Å². The van der Waals surface area contributed by atoms with E-state index in [9.17, 15) is 8.42 Å². The summed E-state index contributed by atoms with van der Waals surface area (Å²) in [5.74, 6) is 0. The molecule has 1 aliphatic rings. The van der Waals surface area contributed by atoms with Gasteiger partial charge in [0.25, 0.3) is 0 Å². The van der Waals surface area contributed by atoms with Crippen LogP contribution in [0.3, 0.4) is 0 Å². The number of hydrogen-bond acceptors (Lipinski definition) is 4. The number of nitrogens with two attached hydrogens (primary N) is 1. The summed E-state index contributed by atoms with van der Waals surface area (Å²) in [6.07, 6.45) is 1.05. The van der Waals surface area contributed by atoms with Crippen LogP contribution in [0.5, 0.6) is 0 Å². The number of benzene rings is 1. The highest BCUT2D eigenvalue weighted by molar-refractivity contribution is 9.10. The van der Waals surface area contributed by atoms with E-state index in [1.807, 2.05) is 0 Å². The predicted molar refractivity (Wildman–Crippen MR) is 74.9 cm³/mol. The third-order valence-electron chi connectivity index (χ3n) is 2.85. The van der Waals surface area contributed by atoms with E-state index >= 15 is 0 Å². The molecule has 0 bridgehead atoms. The minimum absolute atomic E-state index is 0.403. The largest absolute Gasteiger partial charge is 0.399 e. The van der Waals surface area contributed by atoms with Crippen LogP contribution >= 0.6 is 15.9 Å². The SMILES string of the molecule is Nc1ccc(Br)c(NS(=O)(=O)C2CCOCC2)c1. The van der Waals surface area contributed by atoms with Crippen LogP contribution in [0.2, 0.25) is 0 Å². The maximum absolute atomic E-state index is 12.2. The Morgan fingerprint density at radius 3 is 2.67 bits per heavy atom. The number of nitrogens with one attached hydrogen (secondary N) is 1. The molecule has 0 unspecified atom stereocenters. The molecule has 2 rings (SSSR count). The van der Waals surface area contributed by atoms with E-state index in [1.165, 1.54) is 0 Å². The number of hydrogen-bond donors (Lipinski definition) is 2. The van der Waals surface area contributed by atoms with E-state index in [4.69, 9.17) is 10.5 Å². The third kappa shape index (κ3) is 3.15. The second kappa shape index (κ2) is 5.46. The molecule has 1 heterocycles. The number of ether oxygens (including phenoxy) is 1. The lowest BCUT2D eigenvalue weighted by atomic mass is 10.2. The van der Waals surface area contributed by atoms with Crippen molar-refractivity contribution in [2.75, 3.05) is 23.7 Å². The van der Waals surface area contributed by atoms with Gasteiger partial charge in [0.15, 0.2) is 0 Å². The molecule has 1 saturated heterocycles. The molecule has 1 aromatic rings. The summed E-state index contributed by atoms with van der Waals surface area (Å²) in [7, 11) is -3.39. The van der Waals surface area contributed by atoms with Gasteiger partial charge in [-0.1, -0.05) is 0 Å². The van der Waals surface area contributed by atoms with E-state index in [0.29, 0.717) is 41.9 Å². The van der Waals surface area contributed by atoms with E-state index in [-0.39, 0.29) is 0 Å². The van der Waals surface area contributed by atoms with Crippen LogP contribution in [-0.4, -0.2) is 26.9 Å². The van der Waals surface area contributed by atoms with Crippen LogP contribution in [0.4, 0.5) is 11.4 Å². The van der Waals surface area contributed by atoms with Crippen molar-refractivity contribution in [1.29, 1.82) is 0 Å². The molecule has 0 saturated carbocycles. The molecule has 0 radical (unpaired) electrons. The van der Waals surface area contributed by atoms with Gasteiger partial charge in [-0.2, -0.15) is 0 Å². The molecule has 1 aliphatic heterocycles. The lowest BCUT2D eigenvalue weighted by Crippen LogP contribution is -2.33. The second-order valence-electron chi connectivity index (χ2n) is 4.20. The molecule has 18 heavy (non-hydrogen) atoms. The van der Waals surface area contributed by atoms with Crippen molar-refractivity contribution in [3.05, 3.63) is 22.7 Å². The fourth-order valence-electron chi connectivity index (χ4n) is 1.84. The summed E-state index contributed by atoms with van der Waals surface area (Å²) in [4.78, 5) is 0. The van der Waals surface area contributed by atoms with E-state index in [2.05, 4.69) is 20.7 Å². The first-order chi connectivity index (χ1) is 8.49. The maximum atomic E-state index is 12.2. The first-order valence-electron chi connectivity index (χ1n) is 5.63. The number of sulfonamides is 1. The number of rotatable bonds is 3. The molecule has 0 spiro atoms. The van der Waals surface area contributed by atoms with Crippen LogP contribution < -0.4 is 10.5 Å². The third-order valence-corrected chi connectivity index (χ3v) is 5.39. The molecular weight excluding hydrogens is 320 g/mol. The maximum Gasteiger partial charge on any atom is 0.235 e. The standard InChI is InChI=1S/C11H15BrN2O3S/c12-10-2-1-8(13)7-11(10)14-18(15,16)9-3-5-17-6-4-9/h1-2,7,9,14H,3-6,13H2. The Morgan fingerprint density at radius 1 is 1.33 bits per heavy atom. The Balaban J connectivity index is 2.18. The summed E-state index contributed by atoms with van der Waals surface area (Å²) in [5, 5.41) is -0.403. The summed E-state index contributed by atoms with van der Waals surface area (Å²) in [6, 6.07) is 5.02. The van der Waals surface area contributed by atoms with Crippen molar-refractivity contribution < 1.29 is 13.2 Å². The summed E-state index contributed by atoms with van der Waals surface area (Å²) >= 11 is 3.30. The Bertz CT molecular complexity index is 527. The van der Waals surface area contributed by atoms with Gasteiger partial charge in [0.2, 0.25) is 10.0 Å². The van der Waals surface area contributed by atoms with Crippen molar-refractivity contribution >= 4 is 37.3 Å². The second-order valence-corrected chi connectivity index (χ2v) is 7.01. The zero-order valence-electron chi connectivity index (χ0n) is 9.73. The van der Waals surface area contributed by atoms with Gasteiger partial charge >= 0.3 is 0 Å². The first-order valence-corrected chi connectivity index (χ1v) is 7.97. The molecule has 0 amide bonds. The van der Waals surface area contributed by atoms with Gasteiger partial charge < -0.3 is 10.5 Å². The van der Waals surface area contributed by atoms with Gasteiger partial charge in [0.1, 0.15) is 0 Å². The molecule has 0 aromatic heterocycles. The van der Waals surface area contributed by atoms with Crippen molar-refractivity contribution in [3.8, 4) is 0 Å². The van der Waals surface area contributed by atoms with Gasteiger partial charge in [-0.25, -0.2) is 8.42 Å². The minimum Gasteiger partial charge on any atom is -0.399 e. The zero-order chi connectivity index (χ0) is 13.2. The number of nitrogen functional groups attached to an aromatic ring is 1. The molecule has 100 valence electrons. The zero-order valence-corrected chi connectivity index (χ0v) is 12.1. The fourth-order valence-corrected chi connectivity index (χ4v) is 3.78. The fraction of sp³-hybridized carbons (Fsp3) is 0.455. The quantitative estimate of drug-likeness (QED) is 0.828. The number of halogens is 1. The Morgan fingerprint density at radius 2 is 2.00 bits per heavy atom. The van der Waals surface area contributed by atoms with Crippen molar-refractivity contribution in [2.24, 2.45) is 0 Å². The van der Waals surface area contributed by atoms with E-state index < -0.39 is 15.3 Å². The average Bonchev–Trinajstić information content (AvgIpc) is 2.35. The molecule has 7 heteroatoms. The molecule has 1 aromatic carbocycles. The molecule has 0 aliphatic carbocycles. The highest BCUT2D eigenvalue weighted by Crippen LogP contribution is 2.27. The summed E-state index contributed by atoms with van der Waals surface area (Å²) in [5.41, 5.74) is 6.64. The van der Waals surface area contributed by atoms with E-state index in [1.54, 1.807) is 18.2 Å². The lowest BCUT2D eigenvalue weighted by Gasteiger charge is -2.23. The molecular formula is C11H15BrN2O3S. The Labute approximate surface area is 115 Å². The Hall–Kier alpha value is -0.790. The highest BCUT2D eigenvalue weighted by Gasteiger charge is 2.28. The van der Waals surface area contributed by atoms with Gasteiger partial charge in [0, 0.05) is 23.4 Å². The molecule has 5 nitrogen and oxygen atoms in total. The Kier molecular flexibility index (Phi) is 4.14. The van der Waals surface area contributed by atoms with Crippen molar-refractivity contribution in [2.45, 2.75) is 18.1 Å². The topological polar surface area (TPSA) is 81.4 Å². The van der Waals surface area contributed by atoms with Gasteiger partial charge in [0.05, 0.1) is 10.9 Å². The van der Waals surface area contributed by atoms with Crippen LogP contribution in [0, 0.1) is 0 Å². The van der Waals surface area contributed by atoms with Gasteiger partial charge in [-0.15, -0.1) is 0 Å². The molecule has 1 fully saturated rings. The van der Waals surface area contributed by atoms with Crippen LogP contribution in [0.25, 0.3) is 0 Å². The monoisotopic (exact) mass is 334 g/mol. The number of anilines is 2. The lowest BCUT2D eigenvalue weighted by molar-refractivity contribution is 0.0984. The normalized spacial score (nSPS) is 17.6. The highest BCUT2D eigenvalue weighted by atomic mass is 79.9. The average molecular weight is 335 g/mol. The molecule has 3 N–H and O–H groups in total. The van der Waals surface area contributed by atoms with Crippen molar-refractivity contribution in [3.63, 3.8) is 0 Å². The van der Waals surface area contributed by atoms with Crippen molar-refractivity contribution in [1.82, 2.24) is 0 Å². The smallest absolute Gasteiger partial charge is 0.235 e. The van der Waals surface area contributed by atoms with Crippen LogP contribution in [0.1, 0.15) is 12.8 Å². The predicted octanol–water partition coefficient (Wildman–Crippen LogP) is 1.95. The molecule has 0 atom stereocenters. The first kappa shape index (κ1) is 13.6. The van der Waals surface area contributed by atoms with Gasteiger partial charge in [-0.3, -0.25) is 4.72 Å². The summed E-state index contributed by atoms with van der Waals surface area (Å²) < 4.78 is 32.8. The van der Waals surface area contributed by atoms with Crippen LogP contribution in [0.15, 0.2) is 22.7 Å². The van der Waals surface area contributed by atoms with E-state index in [0.717, 1.165) is 0 Å². The summed E-state index contributed by atoms with van der Waals surface area (Å²) in [6.45, 7) is 0.980. The minimum atomic E-state index is -3.39. The van der Waals surface area contributed by atoms with Crippen LogP contribution in [-0.2, 0) is 14.8 Å².